The molecule has 2 aromatic heterocycles. The second kappa shape index (κ2) is 7.93. The molecule has 148 valence electrons. The van der Waals surface area contributed by atoms with Crippen molar-refractivity contribution in [3.8, 4) is 0 Å². The van der Waals surface area contributed by atoms with Crippen molar-refractivity contribution in [2.24, 2.45) is 5.92 Å². The predicted molar refractivity (Wildman–Crippen MR) is 111 cm³/mol. The van der Waals surface area contributed by atoms with E-state index in [-0.39, 0.29) is 6.03 Å². The van der Waals surface area contributed by atoms with Gasteiger partial charge in [0.25, 0.3) is 0 Å². The standard InChI is InChI=1S/C20H25ClN6O/c1-25(2)20(28)26-7-5-14(6-8-26)12-27-13-16(11-23-27)15-9-18-17(22-10-15)3-4-19(21)24-18/h3-4,9-10,13-14,23H,5-8,11-12H2,1-2H3. The van der Waals surface area contributed by atoms with E-state index in [9.17, 15) is 4.79 Å². The lowest BCUT2D eigenvalue weighted by atomic mass is 9.97. The fraction of sp³-hybridized carbons (Fsp3) is 0.450. The van der Waals surface area contributed by atoms with Crippen LogP contribution in [0.15, 0.2) is 30.6 Å². The number of fused-ring (bicyclic) bond motifs is 1. The minimum atomic E-state index is 0.109. The van der Waals surface area contributed by atoms with Crippen molar-refractivity contribution in [3.05, 3.63) is 41.3 Å². The van der Waals surface area contributed by atoms with E-state index in [0.29, 0.717) is 11.1 Å². The number of carbonyl (C=O) groups excluding carboxylic acids is 1. The summed E-state index contributed by atoms with van der Waals surface area (Å²) in [5.41, 5.74) is 7.34. The van der Waals surface area contributed by atoms with E-state index in [2.05, 4.69) is 26.6 Å². The summed E-state index contributed by atoms with van der Waals surface area (Å²) in [5, 5.41) is 2.64. The monoisotopic (exact) mass is 400 g/mol. The average molecular weight is 401 g/mol. The van der Waals surface area contributed by atoms with Gasteiger partial charge in [-0.1, -0.05) is 11.6 Å². The third-order valence-corrected chi connectivity index (χ3v) is 5.59. The van der Waals surface area contributed by atoms with Gasteiger partial charge in [0.1, 0.15) is 5.15 Å². The Hall–Kier alpha value is -2.38. The number of piperidine rings is 1. The number of hydrogen-bond acceptors (Lipinski definition) is 5. The molecule has 2 aliphatic heterocycles. The summed E-state index contributed by atoms with van der Waals surface area (Å²) in [6, 6.07) is 5.79. The Morgan fingerprint density at radius 2 is 2.07 bits per heavy atom. The fourth-order valence-corrected chi connectivity index (χ4v) is 3.94. The minimum absolute atomic E-state index is 0.109. The van der Waals surface area contributed by atoms with E-state index >= 15 is 0 Å². The number of hydrazine groups is 1. The Labute approximate surface area is 169 Å². The lowest BCUT2D eigenvalue weighted by Crippen LogP contribution is -2.45. The van der Waals surface area contributed by atoms with Crippen LogP contribution < -0.4 is 5.43 Å². The molecule has 8 heteroatoms. The van der Waals surface area contributed by atoms with Crippen LogP contribution in [-0.4, -0.2) is 71.1 Å². The predicted octanol–water partition coefficient (Wildman–Crippen LogP) is 2.84. The highest BCUT2D eigenvalue weighted by Gasteiger charge is 2.26. The van der Waals surface area contributed by atoms with E-state index < -0.39 is 0 Å². The van der Waals surface area contributed by atoms with Crippen molar-refractivity contribution in [3.63, 3.8) is 0 Å². The minimum Gasteiger partial charge on any atom is -0.331 e. The van der Waals surface area contributed by atoms with Gasteiger partial charge in [0, 0.05) is 58.2 Å². The summed E-state index contributed by atoms with van der Waals surface area (Å²) in [4.78, 5) is 24.5. The zero-order valence-corrected chi connectivity index (χ0v) is 17.0. The van der Waals surface area contributed by atoms with Crippen molar-refractivity contribution in [2.75, 3.05) is 40.3 Å². The SMILES string of the molecule is CN(C)C(=O)N1CCC(CN2C=C(c3cnc4ccc(Cl)nc4c3)CN2)CC1. The van der Waals surface area contributed by atoms with Crippen molar-refractivity contribution < 1.29 is 4.79 Å². The summed E-state index contributed by atoms with van der Waals surface area (Å²) in [7, 11) is 3.61. The van der Waals surface area contributed by atoms with Crippen molar-refractivity contribution >= 4 is 34.2 Å². The number of urea groups is 1. The maximum Gasteiger partial charge on any atom is 0.319 e. The first-order valence-corrected chi connectivity index (χ1v) is 9.97. The number of pyridine rings is 2. The highest BCUT2D eigenvalue weighted by atomic mass is 35.5. The molecule has 2 amide bonds. The van der Waals surface area contributed by atoms with E-state index in [1.165, 1.54) is 5.57 Å². The number of likely N-dealkylation sites (tertiary alicyclic amines) is 1. The highest BCUT2D eigenvalue weighted by Crippen LogP contribution is 2.24. The summed E-state index contributed by atoms with van der Waals surface area (Å²) in [6.45, 7) is 3.37. The molecule has 0 aliphatic carbocycles. The molecule has 1 saturated heterocycles. The van der Waals surface area contributed by atoms with E-state index in [4.69, 9.17) is 11.6 Å². The second-order valence-electron chi connectivity index (χ2n) is 7.65. The molecule has 0 bridgehead atoms. The Morgan fingerprint density at radius 1 is 1.29 bits per heavy atom. The number of halogens is 1. The van der Waals surface area contributed by atoms with Crippen molar-refractivity contribution in [1.82, 2.24) is 30.2 Å². The molecule has 2 aliphatic rings. The first-order chi connectivity index (χ1) is 13.5. The molecule has 0 aromatic carbocycles. The van der Waals surface area contributed by atoms with Gasteiger partial charge in [-0.3, -0.25) is 4.98 Å². The zero-order chi connectivity index (χ0) is 19.7. The van der Waals surface area contributed by atoms with Crippen LogP contribution in [0.25, 0.3) is 16.6 Å². The van der Waals surface area contributed by atoms with E-state index in [1.807, 2.05) is 23.2 Å². The van der Waals surface area contributed by atoms with Crippen LogP contribution in [0.1, 0.15) is 18.4 Å². The number of rotatable bonds is 3. The normalized spacial score (nSPS) is 17.9. The number of nitrogens with one attached hydrogen (secondary N) is 1. The summed E-state index contributed by atoms with van der Waals surface area (Å²) >= 11 is 6.01. The van der Waals surface area contributed by atoms with Crippen LogP contribution in [0.2, 0.25) is 5.15 Å². The third kappa shape index (κ3) is 4.05. The Morgan fingerprint density at radius 3 is 2.82 bits per heavy atom. The van der Waals surface area contributed by atoms with Crippen LogP contribution >= 0.6 is 11.6 Å². The molecule has 0 unspecified atom stereocenters. The molecule has 0 spiro atoms. The van der Waals surface area contributed by atoms with Gasteiger partial charge < -0.3 is 14.8 Å². The number of aromatic nitrogens is 2. The van der Waals surface area contributed by atoms with E-state index in [1.54, 1.807) is 25.1 Å². The van der Waals surface area contributed by atoms with Crippen molar-refractivity contribution in [2.45, 2.75) is 12.8 Å². The summed E-state index contributed by atoms with van der Waals surface area (Å²) in [6.07, 6.45) is 6.10. The molecule has 0 radical (unpaired) electrons. The molecule has 1 N–H and O–H groups in total. The fourth-order valence-electron chi connectivity index (χ4n) is 3.79. The van der Waals surface area contributed by atoms with Gasteiger partial charge in [0.15, 0.2) is 0 Å². The highest BCUT2D eigenvalue weighted by molar-refractivity contribution is 6.29. The van der Waals surface area contributed by atoms with E-state index in [0.717, 1.165) is 55.6 Å². The Bertz CT molecular complexity index is 907. The molecule has 0 atom stereocenters. The smallest absolute Gasteiger partial charge is 0.319 e. The second-order valence-corrected chi connectivity index (χ2v) is 8.03. The zero-order valence-electron chi connectivity index (χ0n) is 16.2. The number of hydrogen-bond donors (Lipinski definition) is 1. The van der Waals surface area contributed by atoms with Crippen LogP contribution in [0.5, 0.6) is 0 Å². The molecule has 4 heterocycles. The summed E-state index contributed by atoms with van der Waals surface area (Å²) < 4.78 is 0. The van der Waals surface area contributed by atoms with Gasteiger partial charge in [0.2, 0.25) is 0 Å². The molecule has 1 fully saturated rings. The van der Waals surface area contributed by atoms with Crippen LogP contribution in [0.4, 0.5) is 4.79 Å². The molecule has 28 heavy (non-hydrogen) atoms. The third-order valence-electron chi connectivity index (χ3n) is 5.38. The number of carbonyl (C=O) groups is 1. The Balaban J connectivity index is 1.38. The Kier molecular flexibility index (Phi) is 5.37. The van der Waals surface area contributed by atoms with Crippen LogP contribution in [0, 0.1) is 5.92 Å². The molecule has 4 rings (SSSR count). The van der Waals surface area contributed by atoms with Crippen molar-refractivity contribution in [1.29, 1.82) is 0 Å². The quantitative estimate of drug-likeness (QED) is 0.802. The summed E-state index contributed by atoms with van der Waals surface area (Å²) in [5.74, 6) is 0.574. The average Bonchev–Trinajstić information content (AvgIpc) is 3.16. The lowest BCUT2D eigenvalue weighted by molar-refractivity contribution is 0.134. The van der Waals surface area contributed by atoms with Crippen LogP contribution in [0.3, 0.4) is 0 Å². The number of amides is 2. The topological polar surface area (TPSA) is 64.6 Å². The first-order valence-electron chi connectivity index (χ1n) is 9.59. The molecule has 7 nitrogen and oxygen atoms in total. The van der Waals surface area contributed by atoms with Crippen LogP contribution in [-0.2, 0) is 0 Å². The van der Waals surface area contributed by atoms with Gasteiger partial charge in [0.05, 0.1) is 11.0 Å². The maximum absolute atomic E-state index is 12.1. The lowest BCUT2D eigenvalue weighted by Gasteiger charge is -2.35. The maximum atomic E-state index is 12.1. The molecular formula is C20H25ClN6O. The first kappa shape index (κ1) is 19.0. The van der Waals surface area contributed by atoms with Gasteiger partial charge in [-0.25, -0.2) is 15.2 Å². The molecular weight excluding hydrogens is 376 g/mol. The van der Waals surface area contributed by atoms with Gasteiger partial charge >= 0.3 is 6.03 Å². The van der Waals surface area contributed by atoms with Gasteiger partial charge in [-0.15, -0.1) is 0 Å². The largest absolute Gasteiger partial charge is 0.331 e. The molecule has 2 aromatic rings. The van der Waals surface area contributed by atoms with Gasteiger partial charge in [-0.05, 0) is 42.5 Å². The van der Waals surface area contributed by atoms with Gasteiger partial charge in [-0.2, -0.15) is 0 Å². The molecule has 0 saturated carbocycles. The number of nitrogens with zero attached hydrogens (tertiary/aromatic N) is 5.